The molecule has 1 saturated carbocycles. The Labute approximate surface area is 125 Å². The third kappa shape index (κ3) is 1.98. The van der Waals surface area contributed by atoms with Gasteiger partial charge in [0, 0.05) is 23.0 Å². The van der Waals surface area contributed by atoms with Crippen molar-refractivity contribution in [1.29, 1.82) is 0 Å². The summed E-state index contributed by atoms with van der Waals surface area (Å²) in [6.07, 6.45) is 5.94. The molecule has 3 heteroatoms. The lowest BCUT2D eigenvalue weighted by Crippen LogP contribution is -2.17. The fourth-order valence-corrected chi connectivity index (χ4v) is 3.92. The molecular formula is C18H22O3. The van der Waals surface area contributed by atoms with Gasteiger partial charge < -0.3 is 9.84 Å². The van der Waals surface area contributed by atoms with Crippen LogP contribution in [0.25, 0.3) is 0 Å². The lowest BCUT2D eigenvalue weighted by molar-refractivity contribution is 0.0896. The number of hydrogen-bond acceptors (Lipinski definition) is 3. The van der Waals surface area contributed by atoms with Gasteiger partial charge in [-0.2, -0.15) is 0 Å². The SMILES string of the molecule is C=CC(C)c1cc(OC)c2c(c1O)C(=O)C1CCCCC21. The summed E-state index contributed by atoms with van der Waals surface area (Å²) in [6.45, 7) is 5.74. The van der Waals surface area contributed by atoms with Gasteiger partial charge in [0.2, 0.25) is 0 Å². The molecular weight excluding hydrogens is 264 g/mol. The van der Waals surface area contributed by atoms with Gasteiger partial charge in [-0.15, -0.1) is 6.58 Å². The number of carbonyl (C=O) groups excluding carboxylic acids is 1. The molecule has 1 aromatic rings. The Morgan fingerprint density at radius 2 is 2.05 bits per heavy atom. The summed E-state index contributed by atoms with van der Waals surface area (Å²) in [4.78, 5) is 12.7. The molecule has 2 aliphatic rings. The zero-order chi connectivity index (χ0) is 15.1. The van der Waals surface area contributed by atoms with Crippen molar-refractivity contribution in [3.8, 4) is 11.5 Å². The van der Waals surface area contributed by atoms with Crippen LogP contribution in [0, 0.1) is 5.92 Å². The van der Waals surface area contributed by atoms with E-state index in [0.717, 1.165) is 42.6 Å². The van der Waals surface area contributed by atoms with Gasteiger partial charge >= 0.3 is 0 Å². The smallest absolute Gasteiger partial charge is 0.170 e. The summed E-state index contributed by atoms with van der Waals surface area (Å²) in [5.74, 6) is 1.22. The highest BCUT2D eigenvalue weighted by Gasteiger charge is 2.45. The Hall–Kier alpha value is -1.77. The number of allylic oxidation sites excluding steroid dienone is 1. The van der Waals surface area contributed by atoms with Crippen LogP contribution in [0.3, 0.4) is 0 Å². The van der Waals surface area contributed by atoms with Crippen molar-refractivity contribution in [2.45, 2.75) is 44.4 Å². The van der Waals surface area contributed by atoms with E-state index in [-0.39, 0.29) is 29.3 Å². The molecule has 0 aromatic heterocycles. The fraction of sp³-hybridized carbons (Fsp3) is 0.500. The summed E-state index contributed by atoms with van der Waals surface area (Å²) in [6, 6.07) is 1.88. The highest BCUT2D eigenvalue weighted by atomic mass is 16.5. The van der Waals surface area contributed by atoms with Crippen LogP contribution in [0.1, 0.15) is 65.9 Å². The molecule has 3 unspecified atom stereocenters. The Morgan fingerprint density at radius 1 is 1.38 bits per heavy atom. The minimum Gasteiger partial charge on any atom is -0.507 e. The van der Waals surface area contributed by atoms with Crippen LogP contribution in [0.15, 0.2) is 18.7 Å². The van der Waals surface area contributed by atoms with Gasteiger partial charge in [-0.05, 0) is 24.8 Å². The van der Waals surface area contributed by atoms with Gasteiger partial charge in [-0.3, -0.25) is 4.79 Å². The summed E-state index contributed by atoms with van der Waals surface area (Å²) in [5.41, 5.74) is 2.17. The van der Waals surface area contributed by atoms with Crippen molar-refractivity contribution in [3.63, 3.8) is 0 Å². The van der Waals surface area contributed by atoms with E-state index in [1.807, 2.05) is 13.0 Å². The molecule has 1 aromatic carbocycles. The summed E-state index contributed by atoms with van der Waals surface area (Å²) in [5, 5.41) is 10.6. The predicted octanol–water partition coefficient (Wildman–Crippen LogP) is 4.16. The molecule has 3 nitrogen and oxygen atoms in total. The second kappa shape index (κ2) is 5.21. The maximum absolute atomic E-state index is 12.7. The number of hydrogen-bond donors (Lipinski definition) is 1. The average Bonchev–Trinajstić information content (AvgIpc) is 2.82. The first kappa shape index (κ1) is 14.2. The van der Waals surface area contributed by atoms with E-state index in [1.54, 1.807) is 13.2 Å². The van der Waals surface area contributed by atoms with Crippen LogP contribution in [-0.2, 0) is 0 Å². The van der Waals surface area contributed by atoms with E-state index >= 15 is 0 Å². The second-order valence-corrected chi connectivity index (χ2v) is 6.19. The molecule has 1 N–H and O–H groups in total. The third-order valence-electron chi connectivity index (χ3n) is 5.12. The van der Waals surface area contributed by atoms with Crippen molar-refractivity contribution in [2.75, 3.05) is 7.11 Å². The average molecular weight is 286 g/mol. The van der Waals surface area contributed by atoms with Crippen molar-refractivity contribution < 1.29 is 14.6 Å². The van der Waals surface area contributed by atoms with E-state index in [4.69, 9.17) is 4.74 Å². The standard InChI is InChI=1S/C18H22O3/c1-4-10(2)13-9-14(21-3)15-11-7-5-6-8-12(11)17(19)16(15)18(13)20/h4,9-12,20H,1,5-8H2,2-3H3. The monoisotopic (exact) mass is 286 g/mol. The highest BCUT2D eigenvalue weighted by Crippen LogP contribution is 2.53. The molecule has 0 heterocycles. The Morgan fingerprint density at radius 3 is 2.67 bits per heavy atom. The lowest BCUT2D eigenvalue weighted by Gasteiger charge is -2.25. The van der Waals surface area contributed by atoms with E-state index in [1.165, 1.54) is 0 Å². The zero-order valence-electron chi connectivity index (χ0n) is 12.7. The number of phenolic OH excluding ortho intramolecular Hbond substituents is 1. The molecule has 0 saturated heterocycles. The van der Waals surface area contributed by atoms with Crippen molar-refractivity contribution >= 4 is 5.78 Å². The van der Waals surface area contributed by atoms with Crippen LogP contribution in [0.2, 0.25) is 0 Å². The first-order valence-electron chi connectivity index (χ1n) is 7.70. The van der Waals surface area contributed by atoms with Gasteiger partial charge in [-0.25, -0.2) is 0 Å². The molecule has 3 atom stereocenters. The van der Waals surface area contributed by atoms with Gasteiger partial charge in [0.05, 0.1) is 12.7 Å². The van der Waals surface area contributed by atoms with E-state index in [2.05, 4.69) is 6.58 Å². The van der Waals surface area contributed by atoms with E-state index < -0.39 is 0 Å². The van der Waals surface area contributed by atoms with Gasteiger partial charge in [-0.1, -0.05) is 25.8 Å². The molecule has 112 valence electrons. The van der Waals surface area contributed by atoms with Gasteiger partial charge in [0.1, 0.15) is 11.5 Å². The van der Waals surface area contributed by atoms with Gasteiger partial charge in [0.25, 0.3) is 0 Å². The number of ketones is 1. The molecule has 0 spiro atoms. The topological polar surface area (TPSA) is 46.5 Å². The number of methoxy groups -OCH3 is 1. The van der Waals surface area contributed by atoms with Crippen molar-refractivity contribution in [1.82, 2.24) is 0 Å². The third-order valence-corrected chi connectivity index (χ3v) is 5.12. The number of carbonyl (C=O) groups is 1. The lowest BCUT2D eigenvalue weighted by atomic mass is 9.79. The van der Waals surface area contributed by atoms with Crippen LogP contribution in [0.4, 0.5) is 0 Å². The maximum Gasteiger partial charge on any atom is 0.170 e. The number of benzene rings is 1. The number of rotatable bonds is 3. The van der Waals surface area contributed by atoms with Crippen LogP contribution >= 0.6 is 0 Å². The van der Waals surface area contributed by atoms with Crippen LogP contribution in [-0.4, -0.2) is 18.0 Å². The number of phenols is 1. The Kier molecular flexibility index (Phi) is 3.52. The summed E-state index contributed by atoms with van der Waals surface area (Å²) < 4.78 is 5.55. The Bertz CT molecular complexity index is 603. The number of fused-ring (bicyclic) bond motifs is 3. The van der Waals surface area contributed by atoms with Gasteiger partial charge in [0.15, 0.2) is 5.78 Å². The minimum absolute atomic E-state index is 0.0142. The molecule has 0 radical (unpaired) electrons. The number of aromatic hydroxyl groups is 1. The maximum atomic E-state index is 12.7. The molecule has 0 amide bonds. The highest BCUT2D eigenvalue weighted by molar-refractivity contribution is 6.06. The first-order valence-corrected chi connectivity index (χ1v) is 7.70. The van der Waals surface area contributed by atoms with Crippen LogP contribution < -0.4 is 4.74 Å². The molecule has 21 heavy (non-hydrogen) atoms. The largest absolute Gasteiger partial charge is 0.507 e. The Balaban J connectivity index is 2.22. The predicted molar refractivity (Wildman–Crippen MR) is 82.3 cm³/mol. The molecule has 2 aliphatic carbocycles. The minimum atomic E-state index is -0.0142. The molecule has 1 fully saturated rings. The number of ether oxygens (including phenoxy) is 1. The van der Waals surface area contributed by atoms with Crippen LogP contribution in [0.5, 0.6) is 11.5 Å². The summed E-state index contributed by atoms with van der Waals surface area (Å²) in [7, 11) is 1.63. The van der Waals surface area contributed by atoms with Crippen molar-refractivity contribution in [3.05, 3.63) is 35.4 Å². The summed E-state index contributed by atoms with van der Waals surface area (Å²) >= 11 is 0. The normalized spacial score (nSPS) is 25.1. The molecule has 3 rings (SSSR count). The molecule has 0 bridgehead atoms. The fourth-order valence-electron chi connectivity index (χ4n) is 3.92. The second-order valence-electron chi connectivity index (χ2n) is 6.19. The zero-order valence-corrected chi connectivity index (χ0v) is 12.7. The van der Waals surface area contributed by atoms with Crippen molar-refractivity contribution in [2.24, 2.45) is 5.92 Å². The van der Waals surface area contributed by atoms with E-state index in [0.29, 0.717) is 5.56 Å². The van der Waals surface area contributed by atoms with E-state index in [9.17, 15) is 9.90 Å². The molecule has 0 aliphatic heterocycles. The first-order chi connectivity index (χ1) is 10.1. The quantitative estimate of drug-likeness (QED) is 0.849. The number of Topliss-reactive ketones (excluding diaryl/α,β-unsaturated/α-hetero) is 1.